The Bertz CT molecular complexity index is 506. The van der Waals surface area contributed by atoms with Gasteiger partial charge in [-0.25, -0.2) is 9.50 Å². The van der Waals surface area contributed by atoms with Gasteiger partial charge in [0.15, 0.2) is 5.65 Å². The smallest absolute Gasteiger partial charge is 0.157 e. The molecule has 5 heteroatoms. The highest BCUT2D eigenvalue weighted by molar-refractivity contribution is 5.48. The Hall–Kier alpha value is -1.62. The van der Waals surface area contributed by atoms with E-state index < -0.39 is 0 Å². The maximum Gasteiger partial charge on any atom is 0.157 e. The number of rotatable bonds is 3. The van der Waals surface area contributed by atoms with Crippen molar-refractivity contribution in [2.24, 2.45) is 0 Å². The number of nitrogens with one attached hydrogen (secondary N) is 1. The van der Waals surface area contributed by atoms with Gasteiger partial charge < -0.3 is 10.2 Å². The highest BCUT2D eigenvalue weighted by Gasteiger charge is 2.24. The van der Waals surface area contributed by atoms with Crippen molar-refractivity contribution in [3.05, 3.63) is 24.5 Å². The number of fused-ring (bicyclic) bond motifs is 1. The van der Waals surface area contributed by atoms with Gasteiger partial charge in [0, 0.05) is 31.4 Å². The van der Waals surface area contributed by atoms with Gasteiger partial charge >= 0.3 is 0 Å². The molecule has 0 spiro atoms. The molecule has 90 valence electrons. The van der Waals surface area contributed by atoms with Crippen molar-refractivity contribution in [3.8, 4) is 0 Å². The molecule has 0 radical (unpaired) electrons. The van der Waals surface area contributed by atoms with E-state index in [-0.39, 0.29) is 0 Å². The Morgan fingerprint density at radius 1 is 1.47 bits per heavy atom. The third-order valence-corrected chi connectivity index (χ3v) is 3.35. The van der Waals surface area contributed by atoms with Crippen LogP contribution in [-0.2, 0) is 0 Å². The van der Waals surface area contributed by atoms with Crippen molar-refractivity contribution in [3.63, 3.8) is 0 Å². The Balaban J connectivity index is 1.91. The molecular formula is C12H17N5. The van der Waals surface area contributed by atoms with Gasteiger partial charge in [-0.15, -0.1) is 0 Å². The van der Waals surface area contributed by atoms with Gasteiger partial charge in [0.2, 0.25) is 0 Å². The lowest BCUT2D eigenvalue weighted by atomic mass is 10.2. The fraction of sp³-hybridized carbons (Fsp3) is 0.500. The Kier molecular flexibility index (Phi) is 2.68. The average molecular weight is 231 g/mol. The first-order valence-electron chi connectivity index (χ1n) is 6.10. The minimum absolute atomic E-state index is 0.567. The second kappa shape index (κ2) is 4.33. The number of aromatic nitrogens is 3. The zero-order valence-electron chi connectivity index (χ0n) is 10.0. The van der Waals surface area contributed by atoms with Gasteiger partial charge in [-0.1, -0.05) is 0 Å². The molecule has 1 N–H and O–H groups in total. The summed E-state index contributed by atoms with van der Waals surface area (Å²) in [6.07, 6.45) is 6.25. The molecule has 1 saturated heterocycles. The van der Waals surface area contributed by atoms with Gasteiger partial charge in [-0.05, 0) is 26.0 Å². The standard InChI is InChI=1S/C12H17N5/c1-13-9-10-3-2-7-16(10)11-5-8-17-12(15-11)4-6-14-17/h4-6,8,10,13H,2-3,7,9H2,1H3. The van der Waals surface area contributed by atoms with E-state index in [1.165, 1.54) is 12.8 Å². The molecule has 0 amide bonds. The first-order chi connectivity index (χ1) is 8.38. The van der Waals surface area contributed by atoms with Crippen molar-refractivity contribution in [2.45, 2.75) is 18.9 Å². The number of nitrogens with zero attached hydrogens (tertiary/aromatic N) is 4. The third-order valence-electron chi connectivity index (χ3n) is 3.35. The lowest BCUT2D eigenvalue weighted by molar-refractivity contribution is 0.611. The molecule has 17 heavy (non-hydrogen) atoms. The number of anilines is 1. The lowest BCUT2D eigenvalue weighted by Gasteiger charge is -2.25. The first-order valence-corrected chi connectivity index (χ1v) is 6.10. The predicted octanol–water partition coefficient (Wildman–Crippen LogP) is 0.917. The van der Waals surface area contributed by atoms with E-state index in [2.05, 4.69) is 20.3 Å². The molecule has 1 aliphatic heterocycles. The van der Waals surface area contributed by atoms with Crippen molar-refractivity contribution in [2.75, 3.05) is 25.0 Å². The molecule has 1 unspecified atom stereocenters. The molecule has 2 aromatic heterocycles. The average Bonchev–Trinajstić information content (AvgIpc) is 2.96. The summed E-state index contributed by atoms with van der Waals surface area (Å²) < 4.78 is 1.80. The molecule has 0 aromatic carbocycles. The summed E-state index contributed by atoms with van der Waals surface area (Å²) in [5, 5.41) is 7.42. The van der Waals surface area contributed by atoms with Gasteiger partial charge in [-0.2, -0.15) is 5.10 Å². The quantitative estimate of drug-likeness (QED) is 0.853. The lowest BCUT2D eigenvalue weighted by Crippen LogP contribution is -2.37. The minimum Gasteiger partial charge on any atom is -0.352 e. The van der Waals surface area contributed by atoms with Gasteiger partial charge in [0.1, 0.15) is 5.82 Å². The van der Waals surface area contributed by atoms with Crippen LogP contribution < -0.4 is 10.2 Å². The number of hydrogen-bond acceptors (Lipinski definition) is 4. The van der Waals surface area contributed by atoms with Crippen LogP contribution in [0.25, 0.3) is 5.65 Å². The van der Waals surface area contributed by atoms with E-state index in [0.29, 0.717) is 6.04 Å². The SMILES string of the molecule is CNCC1CCCN1c1ccn2nccc2n1. The summed E-state index contributed by atoms with van der Waals surface area (Å²) in [6, 6.07) is 4.55. The van der Waals surface area contributed by atoms with Crippen LogP contribution in [0.5, 0.6) is 0 Å². The van der Waals surface area contributed by atoms with Crippen LogP contribution in [0.4, 0.5) is 5.82 Å². The molecule has 0 bridgehead atoms. The van der Waals surface area contributed by atoms with Gasteiger partial charge in [0.25, 0.3) is 0 Å². The Morgan fingerprint density at radius 2 is 2.41 bits per heavy atom. The van der Waals surface area contributed by atoms with Gasteiger partial charge in [-0.3, -0.25) is 0 Å². The fourth-order valence-electron chi connectivity index (χ4n) is 2.55. The highest BCUT2D eigenvalue weighted by Crippen LogP contribution is 2.23. The topological polar surface area (TPSA) is 45.5 Å². The van der Waals surface area contributed by atoms with Crippen LogP contribution in [0.2, 0.25) is 0 Å². The maximum atomic E-state index is 4.65. The molecule has 5 nitrogen and oxygen atoms in total. The molecule has 3 rings (SSSR count). The van der Waals surface area contributed by atoms with E-state index in [4.69, 9.17) is 0 Å². The van der Waals surface area contributed by atoms with E-state index in [1.54, 1.807) is 10.7 Å². The molecule has 0 saturated carbocycles. The van der Waals surface area contributed by atoms with Crippen molar-refractivity contribution >= 4 is 11.5 Å². The van der Waals surface area contributed by atoms with Crippen molar-refractivity contribution < 1.29 is 0 Å². The maximum absolute atomic E-state index is 4.65. The third kappa shape index (κ3) is 1.86. The molecule has 2 aromatic rings. The molecule has 1 atom stereocenters. The summed E-state index contributed by atoms with van der Waals surface area (Å²) in [6.45, 7) is 2.12. The summed E-state index contributed by atoms with van der Waals surface area (Å²) >= 11 is 0. The predicted molar refractivity (Wildman–Crippen MR) is 67.3 cm³/mol. The zero-order valence-corrected chi connectivity index (χ0v) is 10.0. The molecule has 0 aliphatic carbocycles. The summed E-state index contributed by atoms with van der Waals surface area (Å²) in [7, 11) is 2.00. The largest absolute Gasteiger partial charge is 0.352 e. The van der Waals surface area contributed by atoms with Crippen LogP contribution in [0.1, 0.15) is 12.8 Å². The Morgan fingerprint density at radius 3 is 3.29 bits per heavy atom. The monoisotopic (exact) mass is 231 g/mol. The number of hydrogen-bond donors (Lipinski definition) is 1. The van der Waals surface area contributed by atoms with E-state index in [9.17, 15) is 0 Å². The van der Waals surface area contributed by atoms with E-state index >= 15 is 0 Å². The minimum atomic E-state index is 0.567. The van der Waals surface area contributed by atoms with Crippen LogP contribution >= 0.6 is 0 Å². The second-order valence-electron chi connectivity index (χ2n) is 4.47. The Labute approximate surface area is 100 Å². The van der Waals surface area contributed by atoms with Crippen LogP contribution in [-0.4, -0.2) is 40.8 Å². The number of likely N-dealkylation sites (N-methyl/N-ethyl adjacent to an activating group) is 1. The normalized spacial score (nSPS) is 20.3. The second-order valence-corrected chi connectivity index (χ2v) is 4.47. The van der Waals surface area contributed by atoms with Gasteiger partial charge in [0.05, 0.1) is 6.20 Å². The highest BCUT2D eigenvalue weighted by atomic mass is 15.3. The molecule has 3 heterocycles. The summed E-state index contributed by atoms with van der Waals surface area (Å²) in [5.41, 5.74) is 0.914. The first kappa shape index (κ1) is 10.5. The van der Waals surface area contributed by atoms with Crippen LogP contribution in [0.15, 0.2) is 24.5 Å². The molecule has 1 aliphatic rings. The molecule has 1 fully saturated rings. The van der Waals surface area contributed by atoms with E-state index in [0.717, 1.165) is 24.6 Å². The van der Waals surface area contributed by atoms with Crippen molar-refractivity contribution in [1.29, 1.82) is 0 Å². The zero-order chi connectivity index (χ0) is 11.7. The summed E-state index contributed by atoms with van der Waals surface area (Å²) in [5.74, 6) is 1.07. The van der Waals surface area contributed by atoms with Crippen LogP contribution in [0, 0.1) is 0 Å². The summed E-state index contributed by atoms with van der Waals surface area (Å²) in [4.78, 5) is 7.04. The van der Waals surface area contributed by atoms with Crippen molar-refractivity contribution in [1.82, 2.24) is 19.9 Å². The fourth-order valence-corrected chi connectivity index (χ4v) is 2.55. The van der Waals surface area contributed by atoms with Crippen LogP contribution in [0.3, 0.4) is 0 Å². The molecular weight excluding hydrogens is 214 g/mol. The van der Waals surface area contributed by atoms with E-state index in [1.807, 2.05) is 25.4 Å².